The summed E-state index contributed by atoms with van der Waals surface area (Å²) in [6.07, 6.45) is 11.2. The molecule has 2 aromatic rings. The lowest BCUT2D eigenvalue weighted by Gasteiger charge is -2.24. The Morgan fingerprint density at radius 3 is 3.05 bits per heavy atom. The maximum absolute atomic E-state index is 4.42. The van der Waals surface area contributed by atoms with Crippen molar-refractivity contribution in [2.45, 2.75) is 25.3 Å². The van der Waals surface area contributed by atoms with Crippen LogP contribution in [0, 0.1) is 0 Å². The van der Waals surface area contributed by atoms with Crippen LogP contribution in [0.1, 0.15) is 19.3 Å². The summed E-state index contributed by atoms with van der Waals surface area (Å²) in [5, 5.41) is 6.96. The van der Waals surface area contributed by atoms with Gasteiger partial charge >= 0.3 is 0 Å². The molecule has 0 bridgehead atoms. The summed E-state index contributed by atoms with van der Waals surface area (Å²) in [5.41, 5.74) is 1.07. The molecule has 2 aromatic heterocycles. The van der Waals surface area contributed by atoms with E-state index in [2.05, 4.69) is 26.7 Å². The van der Waals surface area contributed by atoms with Crippen LogP contribution in [0.4, 0.5) is 5.69 Å². The zero-order valence-electron chi connectivity index (χ0n) is 10.9. The van der Waals surface area contributed by atoms with Crippen molar-refractivity contribution in [2.75, 3.05) is 18.4 Å². The van der Waals surface area contributed by atoms with Gasteiger partial charge in [-0.2, -0.15) is 0 Å². The Balaban J connectivity index is 1.57. The van der Waals surface area contributed by atoms with Gasteiger partial charge in [0.1, 0.15) is 12.1 Å². The molecule has 1 unspecified atom stereocenters. The van der Waals surface area contributed by atoms with Gasteiger partial charge < -0.3 is 10.6 Å². The van der Waals surface area contributed by atoms with Crippen molar-refractivity contribution in [3.63, 3.8) is 0 Å². The average molecular weight is 257 g/mol. The third-order valence-electron chi connectivity index (χ3n) is 3.48. The lowest BCUT2D eigenvalue weighted by molar-refractivity contribution is 0.414. The van der Waals surface area contributed by atoms with E-state index in [0.717, 1.165) is 24.6 Å². The van der Waals surface area contributed by atoms with E-state index in [-0.39, 0.29) is 0 Å². The molecular weight excluding hydrogens is 238 g/mol. The fourth-order valence-electron chi connectivity index (χ4n) is 2.38. The molecule has 1 aliphatic heterocycles. The van der Waals surface area contributed by atoms with E-state index in [4.69, 9.17) is 0 Å². The predicted octanol–water partition coefficient (Wildman–Crippen LogP) is 1.82. The van der Waals surface area contributed by atoms with Crippen LogP contribution in [-0.2, 0) is 0 Å². The van der Waals surface area contributed by atoms with Gasteiger partial charge in [0, 0.05) is 25.0 Å². The second kappa shape index (κ2) is 5.84. The maximum Gasteiger partial charge on any atom is 0.137 e. The third kappa shape index (κ3) is 3.12. The molecule has 3 rings (SSSR count). The zero-order valence-corrected chi connectivity index (χ0v) is 10.9. The molecule has 3 heterocycles. The van der Waals surface area contributed by atoms with Gasteiger partial charge in [-0.1, -0.05) is 6.42 Å². The van der Waals surface area contributed by atoms with Crippen molar-refractivity contribution in [1.82, 2.24) is 19.9 Å². The highest BCUT2D eigenvalue weighted by Crippen LogP contribution is 2.11. The lowest BCUT2D eigenvalue weighted by atomic mass is 10.1. The monoisotopic (exact) mass is 257 g/mol. The van der Waals surface area contributed by atoms with E-state index in [1.165, 1.54) is 19.3 Å². The summed E-state index contributed by atoms with van der Waals surface area (Å²) < 4.78 is 1.90. The van der Waals surface area contributed by atoms with Crippen molar-refractivity contribution in [3.8, 4) is 5.82 Å². The largest absolute Gasteiger partial charge is 0.382 e. The standard InChI is InChI=1S/C14H19N5/c1-2-6-16-12(3-1)9-17-13-4-5-14(18-10-13)19-8-7-15-11-19/h4-5,7-8,10-12,16-17H,1-3,6,9H2. The van der Waals surface area contributed by atoms with Crippen molar-refractivity contribution in [2.24, 2.45) is 0 Å². The molecule has 1 atom stereocenters. The fourth-order valence-corrected chi connectivity index (χ4v) is 2.38. The summed E-state index contributed by atoms with van der Waals surface area (Å²) >= 11 is 0. The normalized spacial score (nSPS) is 19.3. The molecule has 1 fully saturated rings. The fraction of sp³-hybridized carbons (Fsp3) is 0.429. The highest BCUT2D eigenvalue weighted by molar-refractivity contribution is 5.43. The molecule has 0 aromatic carbocycles. The Labute approximate surface area is 113 Å². The first-order valence-electron chi connectivity index (χ1n) is 6.83. The highest BCUT2D eigenvalue weighted by Gasteiger charge is 2.11. The quantitative estimate of drug-likeness (QED) is 0.877. The SMILES string of the molecule is c1cn(-c2ccc(NCC3CCCCN3)cn2)cn1. The first kappa shape index (κ1) is 12.2. The molecular formula is C14H19N5. The summed E-state index contributed by atoms with van der Waals surface area (Å²) in [7, 11) is 0. The van der Waals surface area contributed by atoms with Crippen LogP contribution in [0.2, 0.25) is 0 Å². The Morgan fingerprint density at radius 1 is 1.37 bits per heavy atom. The van der Waals surface area contributed by atoms with Gasteiger partial charge in [-0.3, -0.25) is 4.57 Å². The number of nitrogens with zero attached hydrogens (tertiary/aromatic N) is 3. The topological polar surface area (TPSA) is 54.8 Å². The molecule has 19 heavy (non-hydrogen) atoms. The first-order valence-corrected chi connectivity index (χ1v) is 6.83. The molecule has 0 spiro atoms. The van der Waals surface area contributed by atoms with Crippen LogP contribution in [0.15, 0.2) is 37.1 Å². The molecule has 0 radical (unpaired) electrons. The van der Waals surface area contributed by atoms with Gasteiger partial charge in [-0.15, -0.1) is 0 Å². The van der Waals surface area contributed by atoms with Crippen LogP contribution in [0.5, 0.6) is 0 Å². The Bertz CT molecular complexity index is 485. The van der Waals surface area contributed by atoms with Crippen LogP contribution >= 0.6 is 0 Å². The summed E-state index contributed by atoms with van der Waals surface area (Å²) in [6.45, 7) is 2.11. The van der Waals surface area contributed by atoms with Gasteiger partial charge in [0.2, 0.25) is 0 Å². The van der Waals surface area contributed by atoms with E-state index in [1.54, 1.807) is 12.5 Å². The molecule has 2 N–H and O–H groups in total. The number of imidazole rings is 1. The van der Waals surface area contributed by atoms with Gasteiger partial charge in [0.25, 0.3) is 0 Å². The molecule has 5 nitrogen and oxygen atoms in total. The zero-order chi connectivity index (χ0) is 12.9. The van der Waals surface area contributed by atoms with Crippen molar-refractivity contribution in [3.05, 3.63) is 37.1 Å². The second-order valence-electron chi connectivity index (χ2n) is 4.90. The average Bonchev–Trinajstić information content (AvgIpc) is 3.01. The van der Waals surface area contributed by atoms with Crippen LogP contribution in [0.3, 0.4) is 0 Å². The van der Waals surface area contributed by atoms with Crippen LogP contribution in [-0.4, -0.2) is 33.7 Å². The van der Waals surface area contributed by atoms with Crippen LogP contribution < -0.4 is 10.6 Å². The summed E-state index contributed by atoms with van der Waals surface area (Å²) in [6, 6.07) is 4.64. The molecule has 1 aliphatic rings. The summed E-state index contributed by atoms with van der Waals surface area (Å²) in [4.78, 5) is 8.44. The van der Waals surface area contributed by atoms with Gasteiger partial charge in [-0.25, -0.2) is 9.97 Å². The minimum Gasteiger partial charge on any atom is -0.382 e. The summed E-state index contributed by atoms with van der Waals surface area (Å²) in [5.74, 6) is 0.888. The number of aromatic nitrogens is 3. The van der Waals surface area contributed by atoms with E-state index < -0.39 is 0 Å². The molecule has 1 saturated heterocycles. The minimum atomic E-state index is 0.585. The molecule has 5 heteroatoms. The number of hydrogen-bond acceptors (Lipinski definition) is 4. The van der Waals surface area contributed by atoms with Crippen molar-refractivity contribution >= 4 is 5.69 Å². The smallest absolute Gasteiger partial charge is 0.137 e. The number of hydrogen-bond donors (Lipinski definition) is 2. The number of rotatable bonds is 4. The second-order valence-corrected chi connectivity index (χ2v) is 4.90. The molecule has 0 amide bonds. The van der Waals surface area contributed by atoms with Gasteiger partial charge in [-0.05, 0) is 31.5 Å². The molecule has 100 valence electrons. The third-order valence-corrected chi connectivity index (χ3v) is 3.48. The van der Waals surface area contributed by atoms with E-state index in [0.29, 0.717) is 6.04 Å². The van der Waals surface area contributed by atoms with E-state index >= 15 is 0 Å². The van der Waals surface area contributed by atoms with E-state index in [1.807, 2.05) is 23.0 Å². The van der Waals surface area contributed by atoms with Crippen LogP contribution in [0.25, 0.3) is 5.82 Å². The van der Waals surface area contributed by atoms with Crippen molar-refractivity contribution < 1.29 is 0 Å². The number of piperidine rings is 1. The Hall–Kier alpha value is -1.88. The molecule has 0 aliphatic carbocycles. The predicted molar refractivity (Wildman–Crippen MR) is 75.5 cm³/mol. The lowest BCUT2D eigenvalue weighted by Crippen LogP contribution is -2.39. The highest BCUT2D eigenvalue weighted by atomic mass is 15.1. The number of pyridine rings is 1. The van der Waals surface area contributed by atoms with Gasteiger partial charge in [0.05, 0.1) is 11.9 Å². The first-order chi connectivity index (χ1) is 9.42. The van der Waals surface area contributed by atoms with Gasteiger partial charge in [0.15, 0.2) is 0 Å². The van der Waals surface area contributed by atoms with Crippen molar-refractivity contribution in [1.29, 1.82) is 0 Å². The number of nitrogens with one attached hydrogen (secondary N) is 2. The van der Waals surface area contributed by atoms with E-state index in [9.17, 15) is 0 Å². The Morgan fingerprint density at radius 2 is 2.37 bits per heavy atom. The molecule has 0 saturated carbocycles. The maximum atomic E-state index is 4.42. The number of anilines is 1. The Kier molecular flexibility index (Phi) is 3.74. The minimum absolute atomic E-state index is 0.585.